The molecule has 0 bridgehead atoms. The molecule has 2 aromatic carbocycles. The van der Waals surface area contributed by atoms with Crippen molar-refractivity contribution in [3.8, 4) is 0 Å². The lowest BCUT2D eigenvalue weighted by Gasteiger charge is -2.14. The van der Waals surface area contributed by atoms with Crippen molar-refractivity contribution in [2.75, 3.05) is 17.9 Å². The van der Waals surface area contributed by atoms with Gasteiger partial charge in [-0.05, 0) is 56.5 Å². The smallest absolute Gasteiger partial charge is 0.263 e. The Bertz CT molecular complexity index is 986. The Morgan fingerprint density at radius 3 is 2.68 bits per heavy atom. The first-order valence-corrected chi connectivity index (χ1v) is 10.9. The molecular weight excluding hydrogens is 400 g/mol. The zero-order chi connectivity index (χ0) is 20.3. The minimum Gasteiger partial charge on any atom is -0.376 e. The van der Waals surface area contributed by atoms with Gasteiger partial charge in [0.1, 0.15) is 4.90 Å². The highest BCUT2D eigenvalue weighted by Gasteiger charge is 2.22. The molecule has 2 aromatic rings. The summed E-state index contributed by atoms with van der Waals surface area (Å²) in [4.78, 5) is 12.3. The van der Waals surface area contributed by atoms with Crippen LogP contribution in [0.2, 0.25) is 5.02 Å². The standard InChI is InChI=1S/C20H23ClN2O4S/c1-13-5-8-18(14(2)10-13)23-28(25,26)19-11-15(6-7-17(19)21)20(24)22-12-16-4-3-9-27-16/h5-8,10-11,16,23H,3-4,9,12H2,1-2H3,(H,22,24)/t16-/m0/s1. The molecule has 0 unspecified atom stereocenters. The number of rotatable bonds is 6. The van der Waals surface area contributed by atoms with Crippen LogP contribution >= 0.6 is 11.6 Å². The predicted molar refractivity (Wildman–Crippen MR) is 109 cm³/mol. The lowest BCUT2D eigenvalue weighted by molar-refractivity contribution is 0.0857. The summed E-state index contributed by atoms with van der Waals surface area (Å²) in [7, 11) is -3.95. The second-order valence-electron chi connectivity index (χ2n) is 6.91. The van der Waals surface area contributed by atoms with E-state index in [-0.39, 0.29) is 27.5 Å². The highest BCUT2D eigenvalue weighted by Crippen LogP contribution is 2.26. The van der Waals surface area contributed by atoms with Crippen LogP contribution in [0.15, 0.2) is 41.3 Å². The summed E-state index contributed by atoms with van der Waals surface area (Å²) in [6.45, 7) is 4.85. The average molecular weight is 423 g/mol. The summed E-state index contributed by atoms with van der Waals surface area (Å²) < 4.78 is 33.7. The molecule has 1 saturated heterocycles. The average Bonchev–Trinajstić information content (AvgIpc) is 3.16. The largest absolute Gasteiger partial charge is 0.376 e. The van der Waals surface area contributed by atoms with E-state index in [1.807, 2.05) is 26.0 Å². The van der Waals surface area contributed by atoms with Crippen molar-refractivity contribution in [2.45, 2.75) is 37.7 Å². The zero-order valence-corrected chi connectivity index (χ0v) is 17.4. The van der Waals surface area contributed by atoms with Gasteiger partial charge in [0.25, 0.3) is 15.9 Å². The van der Waals surface area contributed by atoms with Crippen molar-refractivity contribution in [3.05, 3.63) is 58.1 Å². The number of aryl methyl sites for hydroxylation is 2. The van der Waals surface area contributed by atoms with Crippen LogP contribution in [0.4, 0.5) is 5.69 Å². The Kier molecular flexibility index (Phi) is 6.27. The number of amides is 1. The van der Waals surface area contributed by atoms with Crippen molar-refractivity contribution >= 4 is 33.2 Å². The number of ether oxygens (including phenoxy) is 1. The summed E-state index contributed by atoms with van der Waals surface area (Å²) >= 11 is 6.13. The Balaban J connectivity index is 1.80. The maximum Gasteiger partial charge on any atom is 0.263 e. The molecule has 28 heavy (non-hydrogen) atoms. The Hall–Kier alpha value is -2.09. The molecule has 6 nitrogen and oxygen atoms in total. The maximum atomic E-state index is 12.9. The summed E-state index contributed by atoms with van der Waals surface area (Å²) in [6.07, 6.45) is 1.89. The second-order valence-corrected chi connectivity index (χ2v) is 8.97. The van der Waals surface area contributed by atoms with E-state index in [1.165, 1.54) is 18.2 Å². The highest BCUT2D eigenvalue weighted by molar-refractivity contribution is 7.92. The van der Waals surface area contributed by atoms with Gasteiger partial charge in [-0.3, -0.25) is 9.52 Å². The molecule has 0 aromatic heterocycles. The van der Waals surface area contributed by atoms with Crippen LogP contribution in [0.3, 0.4) is 0 Å². The van der Waals surface area contributed by atoms with Crippen molar-refractivity contribution in [1.29, 1.82) is 0 Å². The highest BCUT2D eigenvalue weighted by atomic mass is 35.5. The Morgan fingerprint density at radius 2 is 2.00 bits per heavy atom. The number of nitrogens with one attached hydrogen (secondary N) is 2. The van der Waals surface area contributed by atoms with Gasteiger partial charge in [0.2, 0.25) is 0 Å². The van der Waals surface area contributed by atoms with Crippen LogP contribution in [-0.4, -0.2) is 33.6 Å². The first kappa shape index (κ1) is 20.6. The Labute approximate surface area is 170 Å². The van der Waals surface area contributed by atoms with Gasteiger partial charge in [-0.1, -0.05) is 29.3 Å². The molecule has 0 saturated carbocycles. The van der Waals surface area contributed by atoms with Crippen molar-refractivity contribution in [2.24, 2.45) is 0 Å². The Morgan fingerprint density at radius 1 is 1.21 bits per heavy atom. The minimum atomic E-state index is -3.95. The van der Waals surface area contributed by atoms with Crippen molar-refractivity contribution in [1.82, 2.24) is 5.32 Å². The van der Waals surface area contributed by atoms with Crippen molar-refractivity contribution in [3.63, 3.8) is 0 Å². The predicted octanol–water partition coefficient (Wildman–Crippen LogP) is 3.67. The maximum absolute atomic E-state index is 12.9. The lowest BCUT2D eigenvalue weighted by atomic mass is 10.1. The van der Waals surface area contributed by atoms with Gasteiger partial charge >= 0.3 is 0 Å². The summed E-state index contributed by atoms with van der Waals surface area (Å²) in [5.41, 5.74) is 2.52. The van der Waals surface area contributed by atoms with E-state index in [0.717, 1.165) is 24.0 Å². The fourth-order valence-electron chi connectivity index (χ4n) is 3.09. The van der Waals surface area contributed by atoms with Gasteiger partial charge < -0.3 is 10.1 Å². The van der Waals surface area contributed by atoms with E-state index in [1.54, 1.807) is 6.07 Å². The molecule has 8 heteroatoms. The number of hydrogen-bond donors (Lipinski definition) is 2. The monoisotopic (exact) mass is 422 g/mol. The van der Waals surface area contributed by atoms with E-state index in [2.05, 4.69) is 10.0 Å². The fraction of sp³-hybridized carbons (Fsp3) is 0.350. The third kappa shape index (κ3) is 4.84. The molecule has 1 amide bonds. The van der Waals surface area contributed by atoms with Crippen molar-refractivity contribution < 1.29 is 17.9 Å². The second kappa shape index (κ2) is 8.51. The van der Waals surface area contributed by atoms with Gasteiger partial charge in [-0.2, -0.15) is 0 Å². The SMILES string of the molecule is Cc1ccc(NS(=O)(=O)c2cc(C(=O)NC[C@@H]3CCCO3)ccc2Cl)c(C)c1. The molecule has 0 spiro atoms. The van der Waals surface area contributed by atoms with Crippen LogP contribution in [0.25, 0.3) is 0 Å². The summed E-state index contributed by atoms with van der Waals surface area (Å²) in [6, 6.07) is 9.62. The third-order valence-electron chi connectivity index (χ3n) is 4.62. The molecule has 0 radical (unpaired) electrons. The van der Waals surface area contributed by atoms with Crippen LogP contribution < -0.4 is 10.0 Å². The van der Waals surface area contributed by atoms with Gasteiger partial charge in [-0.15, -0.1) is 0 Å². The minimum absolute atomic E-state index is 0.00522. The number of hydrogen-bond acceptors (Lipinski definition) is 4. The quantitative estimate of drug-likeness (QED) is 0.743. The van der Waals surface area contributed by atoms with E-state index < -0.39 is 10.0 Å². The molecule has 150 valence electrons. The number of carbonyl (C=O) groups is 1. The molecule has 1 aliphatic heterocycles. The number of anilines is 1. The van der Waals surface area contributed by atoms with E-state index in [9.17, 15) is 13.2 Å². The summed E-state index contributed by atoms with van der Waals surface area (Å²) in [5.74, 6) is -0.366. The van der Waals surface area contributed by atoms with Crippen LogP contribution in [0.1, 0.15) is 34.3 Å². The molecule has 1 heterocycles. The van der Waals surface area contributed by atoms with Gasteiger partial charge in [-0.25, -0.2) is 8.42 Å². The molecule has 2 N–H and O–H groups in total. The number of carbonyl (C=O) groups excluding carboxylic acids is 1. The molecule has 0 aliphatic carbocycles. The third-order valence-corrected chi connectivity index (χ3v) is 6.47. The molecule has 1 atom stereocenters. The number of benzene rings is 2. The van der Waals surface area contributed by atoms with Crippen LogP contribution in [0, 0.1) is 13.8 Å². The lowest BCUT2D eigenvalue weighted by Crippen LogP contribution is -2.31. The van der Waals surface area contributed by atoms with Gasteiger partial charge in [0.05, 0.1) is 16.8 Å². The first-order chi connectivity index (χ1) is 13.3. The normalized spacial score (nSPS) is 16.8. The topological polar surface area (TPSA) is 84.5 Å². The molecule has 1 fully saturated rings. The number of sulfonamides is 1. The van der Waals surface area contributed by atoms with E-state index in [0.29, 0.717) is 18.8 Å². The van der Waals surface area contributed by atoms with E-state index in [4.69, 9.17) is 16.3 Å². The van der Waals surface area contributed by atoms with Crippen LogP contribution in [-0.2, 0) is 14.8 Å². The zero-order valence-electron chi connectivity index (χ0n) is 15.8. The first-order valence-electron chi connectivity index (χ1n) is 9.06. The molecule has 3 rings (SSSR count). The summed E-state index contributed by atoms with van der Waals surface area (Å²) in [5, 5.41) is 2.83. The van der Waals surface area contributed by atoms with E-state index >= 15 is 0 Å². The van der Waals surface area contributed by atoms with Crippen LogP contribution in [0.5, 0.6) is 0 Å². The van der Waals surface area contributed by atoms with Gasteiger partial charge in [0.15, 0.2) is 0 Å². The number of halogens is 1. The fourth-order valence-corrected chi connectivity index (χ4v) is 4.75. The van der Waals surface area contributed by atoms with Gasteiger partial charge in [0, 0.05) is 18.7 Å². The molecule has 1 aliphatic rings. The molecular formula is C20H23ClN2O4S.